The first-order chi connectivity index (χ1) is 14.9. The lowest BCUT2D eigenvalue weighted by molar-refractivity contribution is -0.136. The summed E-state index contributed by atoms with van der Waals surface area (Å²) in [4.78, 5) is 16.0. The maximum Gasteiger partial charge on any atom is 0.309 e. The van der Waals surface area contributed by atoms with Gasteiger partial charge in [-0.3, -0.25) is 14.0 Å². The number of hydrogen-bond donors (Lipinski definition) is 1. The number of aromatic nitrogens is 4. The van der Waals surface area contributed by atoms with Crippen LogP contribution in [0.25, 0.3) is 16.6 Å². The second-order valence-corrected chi connectivity index (χ2v) is 8.61. The van der Waals surface area contributed by atoms with Gasteiger partial charge in [0.05, 0.1) is 39.4 Å². The SMILES string of the molecule is CCCn1cc(-n2c(Cl)c(Sc3cccc(CC(=O)O)n3)c3ccc(Cl)c(F)c32)cn1. The molecule has 0 saturated carbocycles. The Morgan fingerprint density at radius 2 is 2.06 bits per heavy atom. The van der Waals surface area contributed by atoms with Gasteiger partial charge in [-0.25, -0.2) is 9.37 Å². The van der Waals surface area contributed by atoms with Gasteiger partial charge in [-0.05, 0) is 30.7 Å². The van der Waals surface area contributed by atoms with Crippen LogP contribution in [-0.4, -0.2) is 30.4 Å². The summed E-state index contributed by atoms with van der Waals surface area (Å²) in [5.74, 6) is -1.55. The maximum atomic E-state index is 15.1. The van der Waals surface area contributed by atoms with Crippen LogP contribution in [0.5, 0.6) is 0 Å². The molecule has 160 valence electrons. The van der Waals surface area contributed by atoms with E-state index in [-0.39, 0.29) is 17.0 Å². The van der Waals surface area contributed by atoms with Crippen molar-refractivity contribution in [1.29, 1.82) is 0 Å². The smallest absolute Gasteiger partial charge is 0.309 e. The average molecular weight is 479 g/mol. The summed E-state index contributed by atoms with van der Waals surface area (Å²) in [6.45, 7) is 2.76. The van der Waals surface area contributed by atoms with Crippen LogP contribution in [-0.2, 0) is 17.8 Å². The minimum absolute atomic E-state index is 0.0120. The molecule has 0 bridgehead atoms. The van der Waals surface area contributed by atoms with Crippen molar-refractivity contribution in [2.75, 3.05) is 0 Å². The van der Waals surface area contributed by atoms with Gasteiger partial charge in [0.1, 0.15) is 10.2 Å². The normalized spacial score (nSPS) is 11.4. The minimum atomic E-state index is -0.968. The highest BCUT2D eigenvalue weighted by Crippen LogP contribution is 2.44. The Balaban J connectivity index is 1.86. The lowest BCUT2D eigenvalue weighted by Gasteiger charge is -2.05. The van der Waals surface area contributed by atoms with Crippen LogP contribution in [0.4, 0.5) is 4.39 Å². The first kappa shape index (κ1) is 21.7. The number of aliphatic carboxylic acids is 1. The Labute approximate surface area is 191 Å². The number of pyridine rings is 1. The van der Waals surface area contributed by atoms with Gasteiger partial charge < -0.3 is 5.11 Å². The van der Waals surface area contributed by atoms with Crippen LogP contribution in [0.1, 0.15) is 19.0 Å². The maximum absolute atomic E-state index is 15.1. The van der Waals surface area contributed by atoms with E-state index in [9.17, 15) is 4.79 Å². The quantitative estimate of drug-likeness (QED) is 0.360. The van der Waals surface area contributed by atoms with Crippen molar-refractivity contribution in [3.8, 4) is 5.69 Å². The summed E-state index contributed by atoms with van der Waals surface area (Å²) in [5.41, 5.74) is 1.29. The van der Waals surface area contributed by atoms with Crippen molar-refractivity contribution in [3.63, 3.8) is 0 Å². The van der Waals surface area contributed by atoms with Crippen molar-refractivity contribution in [1.82, 2.24) is 19.3 Å². The average Bonchev–Trinajstić information content (AvgIpc) is 3.28. The second-order valence-electron chi connectivity index (χ2n) is 6.81. The summed E-state index contributed by atoms with van der Waals surface area (Å²) in [7, 11) is 0. The van der Waals surface area contributed by atoms with Gasteiger partial charge in [-0.15, -0.1) is 0 Å². The highest BCUT2D eigenvalue weighted by Gasteiger charge is 2.23. The van der Waals surface area contributed by atoms with Crippen LogP contribution in [0, 0.1) is 5.82 Å². The van der Waals surface area contributed by atoms with Gasteiger partial charge in [0.15, 0.2) is 5.82 Å². The van der Waals surface area contributed by atoms with Gasteiger partial charge in [-0.2, -0.15) is 5.10 Å². The molecule has 0 radical (unpaired) electrons. The topological polar surface area (TPSA) is 72.9 Å². The monoisotopic (exact) mass is 478 g/mol. The molecule has 0 spiro atoms. The number of carboxylic acid groups (broad SMARTS) is 1. The molecule has 1 N–H and O–H groups in total. The van der Waals surface area contributed by atoms with Gasteiger partial charge in [0.25, 0.3) is 0 Å². The number of hydrogen-bond acceptors (Lipinski definition) is 4. The van der Waals surface area contributed by atoms with Gasteiger partial charge in [-0.1, -0.05) is 48.0 Å². The fourth-order valence-electron chi connectivity index (χ4n) is 3.28. The van der Waals surface area contributed by atoms with Crippen LogP contribution in [0.15, 0.2) is 52.6 Å². The molecule has 0 aliphatic carbocycles. The Hall–Kier alpha value is -2.55. The second kappa shape index (κ2) is 8.90. The summed E-state index contributed by atoms with van der Waals surface area (Å²) < 4.78 is 18.5. The molecule has 0 saturated heterocycles. The number of rotatable bonds is 7. The molecule has 31 heavy (non-hydrogen) atoms. The highest BCUT2D eigenvalue weighted by atomic mass is 35.5. The number of nitrogens with zero attached hydrogens (tertiary/aromatic N) is 4. The first-order valence-electron chi connectivity index (χ1n) is 9.45. The van der Waals surface area contributed by atoms with Crippen molar-refractivity contribution in [2.45, 2.75) is 36.2 Å². The van der Waals surface area contributed by atoms with E-state index < -0.39 is 11.8 Å². The fourth-order valence-corrected chi connectivity index (χ4v) is 4.80. The summed E-state index contributed by atoms with van der Waals surface area (Å²) in [6.07, 6.45) is 4.14. The fraction of sp³-hybridized carbons (Fsp3) is 0.190. The highest BCUT2D eigenvalue weighted by molar-refractivity contribution is 7.99. The van der Waals surface area contributed by atoms with Crippen LogP contribution >= 0.6 is 35.0 Å². The largest absolute Gasteiger partial charge is 0.481 e. The van der Waals surface area contributed by atoms with Gasteiger partial charge in [0, 0.05) is 18.1 Å². The Morgan fingerprint density at radius 1 is 1.26 bits per heavy atom. The van der Waals surface area contributed by atoms with Crippen LogP contribution in [0.3, 0.4) is 0 Å². The Bertz CT molecular complexity index is 1290. The van der Waals surface area contributed by atoms with Crippen LogP contribution in [0.2, 0.25) is 10.2 Å². The lowest BCUT2D eigenvalue weighted by atomic mass is 10.2. The van der Waals surface area contributed by atoms with E-state index in [1.165, 1.54) is 17.8 Å². The molecule has 1 aromatic carbocycles. The molecule has 0 atom stereocenters. The van der Waals surface area contributed by atoms with E-state index >= 15 is 4.39 Å². The molecule has 0 amide bonds. The molecule has 0 unspecified atom stereocenters. The Kier molecular flexibility index (Phi) is 6.22. The van der Waals surface area contributed by atoms with Gasteiger partial charge >= 0.3 is 5.97 Å². The zero-order valence-corrected chi connectivity index (χ0v) is 18.7. The first-order valence-corrected chi connectivity index (χ1v) is 11.0. The molecule has 0 aliphatic heterocycles. The van der Waals surface area contributed by atoms with Gasteiger partial charge in [0.2, 0.25) is 0 Å². The van der Waals surface area contributed by atoms with E-state index in [4.69, 9.17) is 28.3 Å². The van der Waals surface area contributed by atoms with E-state index in [1.54, 1.807) is 45.9 Å². The molecule has 0 fully saturated rings. The predicted octanol–water partition coefficient (Wildman–Crippen LogP) is 5.86. The molecule has 4 rings (SSSR count). The molecule has 10 heteroatoms. The van der Waals surface area contributed by atoms with E-state index in [0.717, 1.165) is 13.0 Å². The van der Waals surface area contributed by atoms with E-state index in [0.29, 0.717) is 31.8 Å². The number of carboxylic acids is 1. The van der Waals surface area contributed by atoms with Crippen molar-refractivity contribution < 1.29 is 14.3 Å². The summed E-state index contributed by atoms with van der Waals surface area (Å²) >= 11 is 14.0. The molecular weight excluding hydrogens is 462 g/mol. The third-order valence-corrected chi connectivity index (χ3v) is 6.39. The third-order valence-electron chi connectivity index (χ3n) is 4.57. The van der Waals surface area contributed by atoms with Crippen LogP contribution < -0.4 is 0 Å². The lowest BCUT2D eigenvalue weighted by Crippen LogP contribution is -2.02. The third kappa shape index (κ3) is 4.28. The van der Waals surface area contributed by atoms with Crippen molar-refractivity contribution in [2.24, 2.45) is 0 Å². The summed E-state index contributed by atoms with van der Waals surface area (Å²) in [6, 6.07) is 8.32. The standard InChI is InChI=1S/C21H17Cl2FN4O2S/c1-2-8-27-11-13(10-25-27)28-19-14(6-7-15(22)18(19)24)20(21(28)23)31-16-5-3-4-12(26-16)9-17(29)30/h3-7,10-11H,2,8-9H2,1H3,(H,29,30). The summed E-state index contributed by atoms with van der Waals surface area (Å²) in [5, 5.41) is 14.8. The molecule has 0 aliphatic rings. The van der Waals surface area contributed by atoms with E-state index in [2.05, 4.69) is 10.1 Å². The van der Waals surface area contributed by atoms with Crippen molar-refractivity contribution in [3.05, 3.63) is 64.4 Å². The minimum Gasteiger partial charge on any atom is -0.481 e. The molecular formula is C21H17Cl2FN4O2S. The molecule has 3 aromatic heterocycles. The molecule has 6 nitrogen and oxygen atoms in total. The zero-order chi connectivity index (χ0) is 22.1. The zero-order valence-electron chi connectivity index (χ0n) is 16.3. The number of aryl methyl sites for hydroxylation is 1. The molecule has 4 aromatic rings. The number of fused-ring (bicyclic) bond motifs is 1. The van der Waals surface area contributed by atoms with Crippen molar-refractivity contribution >= 4 is 51.8 Å². The van der Waals surface area contributed by atoms with E-state index in [1.807, 2.05) is 6.92 Å². The molecule has 3 heterocycles. The number of halogens is 3. The number of carbonyl (C=O) groups is 1. The predicted molar refractivity (Wildman–Crippen MR) is 119 cm³/mol. The Morgan fingerprint density at radius 3 is 2.81 bits per heavy atom. The number of benzene rings is 1.